The molecule has 0 saturated heterocycles. The third-order valence-electron chi connectivity index (χ3n) is 2.79. The Kier molecular flexibility index (Phi) is 5.32. The van der Waals surface area contributed by atoms with Crippen LogP contribution in [0.15, 0.2) is 48.5 Å². The average molecular weight is 433 g/mol. The second kappa shape index (κ2) is 6.28. The van der Waals surface area contributed by atoms with Crippen LogP contribution in [0.1, 0.15) is 29.5 Å². The Balaban J connectivity index is 0.00000128. The normalized spacial score (nSPS) is 11.6. The smallest absolute Gasteiger partial charge is 0 e. The van der Waals surface area contributed by atoms with E-state index in [1.807, 2.05) is 12.1 Å². The predicted octanol–water partition coefficient (Wildman–Crippen LogP) is 3.95. The SMILES string of the molecule is Cc1cccc(C(C)c2cc[c-]cc2)c1.[U]. The maximum atomic E-state index is 3.05. The van der Waals surface area contributed by atoms with Crippen LogP contribution >= 0.6 is 0 Å². The Hall–Kier alpha value is -0.508. The molecular formula is C15H15U-. The minimum atomic E-state index is 0. The number of benzene rings is 2. The molecule has 1 atom stereocenters. The minimum Gasteiger partial charge on any atom is -0.184 e. The summed E-state index contributed by atoms with van der Waals surface area (Å²) in [6.07, 6.45) is 0. The standard InChI is InChI=1S/C15H15.U/c1-12-7-6-10-15(11-12)13(2)14-8-4-3-5-9-14;/h4-11,13H,1-2H3;/q-1;. The van der Waals surface area contributed by atoms with Crippen molar-refractivity contribution in [1.29, 1.82) is 0 Å². The molecule has 16 heavy (non-hydrogen) atoms. The zero-order chi connectivity index (χ0) is 10.7. The molecule has 2 aromatic rings. The Morgan fingerprint density at radius 3 is 2.31 bits per heavy atom. The van der Waals surface area contributed by atoms with Gasteiger partial charge in [-0.1, -0.05) is 36.8 Å². The first-order chi connectivity index (χ1) is 7.27. The van der Waals surface area contributed by atoms with Gasteiger partial charge in [-0.25, -0.2) is 0 Å². The molecule has 0 aliphatic heterocycles. The van der Waals surface area contributed by atoms with E-state index < -0.39 is 0 Å². The van der Waals surface area contributed by atoms with Crippen molar-refractivity contribution in [3.63, 3.8) is 0 Å². The number of rotatable bonds is 2. The van der Waals surface area contributed by atoms with Crippen LogP contribution in [-0.4, -0.2) is 0 Å². The molecule has 0 heterocycles. The fourth-order valence-electron chi connectivity index (χ4n) is 1.82. The third kappa shape index (κ3) is 3.24. The first-order valence-electron chi connectivity index (χ1n) is 5.30. The van der Waals surface area contributed by atoms with Crippen LogP contribution in [0.2, 0.25) is 0 Å². The Morgan fingerprint density at radius 1 is 1.00 bits per heavy atom. The molecule has 1 heteroatoms. The van der Waals surface area contributed by atoms with Crippen molar-refractivity contribution in [1.82, 2.24) is 0 Å². The fourth-order valence-corrected chi connectivity index (χ4v) is 1.82. The number of hydrogen-bond acceptors (Lipinski definition) is 0. The Bertz CT molecular complexity index is 434. The molecule has 0 fully saturated rings. The van der Waals surface area contributed by atoms with Crippen LogP contribution in [-0.2, 0) is 0 Å². The summed E-state index contributed by atoms with van der Waals surface area (Å²) in [5, 5.41) is 0. The summed E-state index contributed by atoms with van der Waals surface area (Å²) >= 11 is 0. The van der Waals surface area contributed by atoms with Gasteiger partial charge >= 0.3 is 0 Å². The second-order valence-corrected chi connectivity index (χ2v) is 3.97. The van der Waals surface area contributed by atoms with Gasteiger partial charge in [0.2, 0.25) is 0 Å². The van der Waals surface area contributed by atoms with Gasteiger partial charge in [0.1, 0.15) is 0 Å². The van der Waals surface area contributed by atoms with Crippen molar-refractivity contribution in [2.75, 3.05) is 0 Å². The first kappa shape index (κ1) is 13.6. The zero-order valence-electron chi connectivity index (χ0n) is 9.70. The molecule has 0 radical (unpaired) electrons. The summed E-state index contributed by atoms with van der Waals surface area (Å²) in [4.78, 5) is 0. The van der Waals surface area contributed by atoms with E-state index in [-0.39, 0.29) is 31.1 Å². The summed E-state index contributed by atoms with van der Waals surface area (Å²) in [7, 11) is 0. The molecule has 0 nitrogen and oxygen atoms in total. The molecule has 0 N–H and O–H groups in total. The fraction of sp³-hybridized carbons (Fsp3) is 0.200. The summed E-state index contributed by atoms with van der Waals surface area (Å²) < 4.78 is 0. The van der Waals surface area contributed by atoms with Crippen LogP contribution in [0.25, 0.3) is 0 Å². The van der Waals surface area contributed by atoms with E-state index in [1.165, 1.54) is 16.7 Å². The van der Waals surface area contributed by atoms with E-state index >= 15 is 0 Å². The van der Waals surface area contributed by atoms with Crippen LogP contribution in [0.4, 0.5) is 0 Å². The van der Waals surface area contributed by atoms with Crippen molar-refractivity contribution >= 4 is 0 Å². The van der Waals surface area contributed by atoms with E-state index in [0.29, 0.717) is 5.92 Å². The second-order valence-electron chi connectivity index (χ2n) is 3.97. The maximum absolute atomic E-state index is 3.05. The predicted molar refractivity (Wildman–Crippen MR) is 64.0 cm³/mol. The molecule has 0 aliphatic rings. The summed E-state index contributed by atoms with van der Waals surface area (Å²) in [5.74, 6) is 0.458. The van der Waals surface area contributed by atoms with Gasteiger partial charge < -0.3 is 0 Å². The molecule has 0 aliphatic carbocycles. The summed E-state index contributed by atoms with van der Waals surface area (Å²) in [6, 6.07) is 20.0. The van der Waals surface area contributed by atoms with Gasteiger partial charge in [0.05, 0.1) is 0 Å². The molecule has 0 bridgehead atoms. The van der Waals surface area contributed by atoms with E-state index in [0.717, 1.165) is 0 Å². The van der Waals surface area contributed by atoms with Crippen molar-refractivity contribution in [3.8, 4) is 0 Å². The molecule has 0 saturated carbocycles. The van der Waals surface area contributed by atoms with Gasteiger partial charge in [-0.2, -0.15) is 35.9 Å². The van der Waals surface area contributed by atoms with Crippen LogP contribution in [0.3, 0.4) is 0 Å². The van der Waals surface area contributed by atoms with E-state index in [2.05, 4.69) is 56.3 Å². The van der Waals surface area contributed by atoms with Crippen molar-refractivity contribution in [2.45, 2.75) is 19.8 Å². The quantitative estimate of drug-likeness (QED) is 0.630. The largest absolute Gasteiger partial charge is 0.184 e. The Labute approximate surface area is 121 Å². The zero-order valence-corrected chi connectivity index (χ0v) is 13.9. The van der Waals surface area contributed by atoms with Gasteiger partial charge in [0, 0.05) is 31.1 Å². The molecule has 0 spiro atoms. The monoisotopic (exact) mass is 433 g/mol. The van der Waals surface area contributed by atoms with Gasteiger partial charge in [0.25, 0.3) is 0 Å². The van der Waals surface area contributed by atoms with Crippen LogP contribution < -0.4 is 0 Å². The van der Waals surface area contributed by atoms with E-state index in [4.69, 9.17) is 0 Å². The van der Waals surface area contributed by atoms with Crippen LogP contribution in [0.5, 0.6) is 0 Å². The van der Waals surface area contributed by atoms with Crippen molar-refractivity contribution in [2.24, 2.45) is 0 Å². The van der Waals surface area contributed by atoms with E-state index in [1.54, 1.807) is 0 Å². The summed E-state index contributed by atoms with van der Waals surface area (Å²) in [5.41, 5.74) is 4.04. The molecule has 0 amide bonds. The average Bonchev–Trinajstić information content (AvgIpc) is 2.29. The molecule has 0 aromatic heterocycles. The van der Waals surface area contributed by atoms with Gasteiger partial charge in [0.15, 0.2) is 0 Å². The Morgan fingerprint density at radius 2 is 1.69 bits per heavy atom. The van der Waals surface area contributed by atoms with Crippen molar-refractivity contribution in [3.05, 3.63) is 71.3 Å². The number of aryl methyl sites for hydroxylation is 1. The molecule has 80 valence electrons. The van der Waals surface area contributed by atoms with Gasteiger partial charge in [-0.15, -0.1) is 0 Å². The summed E-state index contributed by atoms with van der Waals surface area (Å²) in [6.45, 7) is 4.37. The molecule has 2 aromatic carbocycles. The minimum absolute atomic E-state index is 0. The van der Waals surface area contributed by atoms with Crippen molar-refractivity contribution < 1.29 is 31.1 Å². The topological polar surface area (TPSA) is 0 Å². The van der Waals surface area contributed by atoms with Gasteiger partial charge in [-0.05, 0) is 18.4 Å². The van der Waals surface area contributed by atoms with Crippen LogP contribution in [0, 0.1) is 44.1 Å². The first-order valence-corrected chi connectivity index (χ1v) is 5.30. The van der Waals surface area contributed by atoms with E-state index in [9.17, 15) is 0 Å². The van der Waals surface area contributed by atoms with Gasteiger partial charge in [-0.3, -0.25) is 0 Å². The maximum Gasteiger partial charge on any atom is 0 e. The third-order valence-corrected chi connectivity index (χ3v) is 2.79. The number of hydrogen-bond donors (Lipinski definition) is 0. The molecule has 1 unspecified atom stereocenters. The molecule has 2 rings (SSSR count). The molecular weight excluding hydrogens is 418 g/mol.